The molecule has 2 nitrogen and oxygen atoms in total. The Balaban J connectivity index is 2.01. The van der Waals surface area contributed by atoms with Gasteiger partial charge in [0.15, 0.2) is 0 Å². The molecule has 1 aliphatic carbocycles. The molecule has 2 unspecified atom stereocenters. The summed E-state index contributed by atoms with van der Waals surface area (Å²) in [6.07, 6.45) is 1.48. The van der Waals surface area contributed by atoms with Crippen molar-refractivity contribution < 1.29 is 18.3 Å². The monoisotopic (exact) mass is 279 g/mol. The number of rotatable bonds is 2. The van der Waals surface area contributed by atoms with Gasteiger partial charge >= 0.3 is 0 Å². The van der Waals surface area contributed by atoms with Gasteiger partial charge in [-0.05, 0) is 24.5 Å². The van der Waals surface area contributed by atoms with Crippen LogP contribution in [0.3, 0.4) is 0 Å². The first kappa shape index (κ1) is 13.1. The lowest BCUT2D eigenvalue weighted by molar-refractivity contribution is 0.134. The third-order valence-corrected chi connectivity index (χ3v) is 3.72. The SMILES string of the molecule is OC(c1c(F)cc(F)cc1F)C1CCc2cccnc21. The smallest absolute Gasteiger partial charge is 0.134 e. The number of hydrogen-bond acceptors (Lipinski definition) is 2. The number of benzene rings is 1. The number of aromatic nitrogens is 1. The van der Waals surface area contributed by atoms with Crippen molar-refractivity contribution in [2.45, 2.75) is 24.9 Å². The summed E-state index contributed by atoms with van der Waals surface area (Å²) in [6, 6.07) is 4.82. The lowest BCUT2D eigenvalue weighted by Gasteiger charge is -2.20. The second kappa shape index (κ2) is 4.90. The van der Waals surface area contributed by atoms with Gasteiger partial charge in [-0.1, -0.05) is 6.07 Å². The maximum absolute atomic E-state index is 13.7. The summed E-state index contributed by atoms with van der Waals surface area (Å²) < 4.78 is 40.4. The quantitative estimate of drug-likeness (QED) is 0.915. The van der Waals surface area contributed by atoms with Crippen LogP contribution in [-0.2, 0) is 6.42 Å². The molecule has 2 atom stereocenters. The predicted octanol–water partition coefficient (Wildman–Crippen LogP) is 3.26. The highest BCUT2D eigenvalue weighted by atomic mass is 19.1. The fourth-order valence-electron chi connectivity index (χ4n) is 2.79. The van der Waals surface area contributed by atoms with Gasteiger partial charge in [-0.25, -0.2) is 13.2 Å². The first-order valence-corrected chi connectivity index (χ1v) is 6.34. The molecule has 0 bridgehead atoms. The lowest BCUT2D eigenvalue weighted by atomic mass is 9.92. The molecule has 2 aromatic rings. The first-order valence-electron chi connectivity index (χ1n) is 6.34. The molecule has 3 rings (SSSR count). The van der Waals surface area contributed by atoms with E-state index in [0.29, 0.717) is 30.7 Å². The highest BCUT2D eigenvalue weighted by Crippen LogP contribution is 2.41. The molecule has 0 saturated heterocycles. The number of aliphatic hydroxyl groups excluding tert-OH is 1. The Morgan fingerprint density at radius 2 is 1.90 bits per heavy atom. The van der Waals surface area contributed by atoms with Crippen molar-refractivity contribution in [1.29, 1.82) is 0 Å². The minimum Gasteiger partial charge on any atom is -0.387 e. The molecular weight excluding hydrogens is 267 g/mol. The van der Waals surface area contributed by atoms with Crippen LogP contribution in [0.2, 0.25) is 0 Å². The predicted molar refractivity (Wildman–Crippen MR) is 66.6 cm³/mol. The first-order chi connectivity index (χ1) is 9.58. The number of aliphatic hydroxyl groups is 1. The molecular formula is C15H12F3NO. The van der Waals surface area contributed by atoms with Crippen LogP contribution in [0, 0.1) is 17.5 Å². The van der Waals surface area contributed by atoms with E-state index < -0.39 is 35.0 Å². The van der Waals surface area contributed by atoms with Gasteiger partial charge in [0.25, 0.3) is 0 Å². The van der Waals surface area contributed by atoms with Crippen molar-refractivity contribution >= 4 is 0 Å². The Morgan fingerprint density at radius 1 is 1.20 bits per heavy atom. The van der Waals surface area contributed by atoms with Gasteiger partial charge in [-0.15, -0.1) is 0 Å². The van der Waals surface area contributed by atoms with Gasteiger partial charge in [0.2, 0.25) is 0 Å². The zero-order valence-corrected chi connectivity index (χ0v) is 10.5. The van der Waals surface area contributed by atoms with Crippen LogP contribution < -0.4 is 0 Å². The molecule has 1 aliphatic rings. The van der Waals surface area contributed by atoms with Crippen LogP contribution in [0.4, 0.5) is 13.2 Å². The lowest BCUT2D eigenvalue weighted by Crippen LogP contribution is -2.13. The molecule has 5 heteroatoms. The van der Waals surface area contributed by atoms with E-state index in [1.165, 1.54) is 0 Å². The largest absolute Gasteiger partial charge is 0.387 e. The van der Waals surface area contributed by atoms with E-state index in [1.54, 1.807) is 12.3 Å². The van der Waals surface area contributed by atoms with Gasteiger partial charge in [0.05, 0.1) is 11.7 Å². The molecule has 1 N–H and O–H groups in total. The Kier molecular flexibility index (Phi) is 3.22. The number of halogens is 3. The Labute approximate surface area is 113 Å². The Bertz CT molecular complexity index is 636. The molecule has 0 saturated carbocycles. The highest BCUT2D eigenvalue weighted by molar-refractivity contribution is 5.33. The molecule has 0 amide bonds. The minimum absolute atomic E-state index is 0.472. The summed E-state index contributed by atoms with van der Waals surface area (Å²) in [6.45, 7) is 0. The number of hydrogen-bond donors (Lipinski definition) is 1. The summed E-state index contributed by atoms with van der Waals surface area (Å²) in [5.74, 6) is -3.61. The van der Waals surface area contributed by atoms with Crippen molar-refractivity contribution in [2.75, 3.05) is 0 Å². The van der Waals surface area contributed by atoms with Crippen molar-refractivity contribution in [2.24, 2.45) is 0 Å². The third kappa shape index (κ3) is 2.08. The molecule has 0 aliphatic heterocycles. The number of nitrogens with zero attached hydrogens (tertiary/aromatic N) is 1. The van der Waals surface area contributed by atoms with Crippen molar-refractivity contribution in [3.8, 4) is 0 Å². The Hall–Kier alpha value is -1.88. The van der Waals surface area contributed by atoms with E-state index >= 15 is 0 Å². The van der Waals surface area contributed by atoms with Gasteiger partial charge < -0.3 is 5.11 Å². The van der Waals surface area contributed by atoms with E-state index in [9.17, 15) is 18.3 Å². The molecule has 0 fully saturated rings. The summed E-state index contributed by atoms with van der Waals surface area (Å²) >= 11 is 0. The van der Waals surface area contributed by atoms with E-state index in [0.717, 1.165) is 5.56 Å². The summed E-state index contributed by atoms with van der Waals surface area (Å²) in [4.78, 5) is 4.19. The van der Waals surface area contributed by atoms with E-state index in [1.807, 2.05) is 6.07 Å². The maximum Gasteiger partial charge on any atom is 0.134 e. The van der Waals surface area contributed by atoms with Crippen LogP contribution in [0.25, 0.3) is 0 Å². The maximum atomic E-state index is 13.7. The number of aryl methyl sites for hydroxylation is 1. The standard InChI is InChI=1S/C15H12F3NO/c16-9-6-11(17)13(12(18)7-9)15(20)10-4-3-8-2-1-5-19-14(8)10/h1-2,5-7,10,15,20H,3-4H2. The van der Waals surface area contributed by atoms with Crippen LogP contribution in [0.5, 0.6) is 0 Å². The summed E-state index contributed by atoms with van der Waals surface area (Å²) in [7, 11) is 0. The van der Waals surface area contributed by atoms with E-state index in [2.05, 4.69) is 4.98 Å². The zero-order chi connectivity index (χ0) is 14.3. The van der Waals surface area contributed by atoms with Crippen molar-refractivity contribution in [3.05, 3.63) is 64.7 Å². The fraction of sp³-hybridized carbons (Fsp3) is 0.267. The molecule has 1 heterocycles. The molecule has 104 valence electrons. The van der Waals surface area contributed by atoms with Crippen LogP contribution in [-0.4, -0.2) is 10.1 Å². The zero-order valence-electron chi connectivity index (χ0n) is 10.5. The topological polar surface area (TPSA) is 33.1 Å². The highest BCUT2D eigenvalue weighted by Gasteiger charge is 2.33. The average Bonchev–Trinajstić information content (AvgIpc) is 2.81. The average molecular weight is 279 g/mol. The molecule has 20 heavy (non-hydrogen) atoms. The van der Waals surface area contributed by atoms with Crippen molar-refractivity contribution in [1.82, 2.24) is 4.98 Å². The third-order valence-electron chi connectivity index (χ3n) is 3.72. The summed E-state index contributed by atoms with van der Waals surface area (Å²) in [5.41, 5.74) is 1.14. The van der Waals surface area contributed by atoms with Gasteiger partial charge in [0.1, 0.15) is 17.5 Å². The molecule has 1 aromatic carbocycles. The second-order valence-corrected chi connectivity index (χ2v) is 4.92. The van der Waals surface area contributed by atoms with Crippen LogP contribution in [0.1, 0.15) is 35.3 Å². The molecule has 0 spiro atoms. The van der Waals surface area contributed by atoms with Crippen LogP contribution in [0.15, 0.2) is 30.5 Å². The van der Waals surface area contributed by atoms with Gasteiger partial charge in [-0.2, -0.15) is 0 Å². The van der Waals surface area contributed by atoms with E-state index in [4.69, 9.17) is 0 Å². The molecule has 0 radical (unpaired) electrons. The van der Waals surface area contributed by atoms with Crippen molar-refractivity contribution in [3.63, 3.8) is 0 Å². The second-order valence-electron chi connectivity index (χ2n) is 4.92. The Morgan fingerprint density at radius 3 is 2.60 bits per heavy atom. The summed E-state index contributed by atoms with van der Waals surface area (Å²) in [5, 5.41) is 10.3. The number of fused-ring (bicyclic) bond motifs is 1. The van der Waals surface area contributed by atoms with Gasteiger partial charge in [-0.3, -0.25) is 4.98 Å². The minimum atomic E-state index is -1.37. The van der Waals surface area contributed by atoms with Gasteiger partial charge in [0, 0.05) is 29.9 Å². The normalized spacial score (nSPS) is 18.9. The fourth-order valence-corrected chi connectivity index (χ4v) is 2.79. The number of pyridine rings is 1. The molecule has 1 aromatic heterocycles. The van der Waals surface area contributed by atoms with E-state index in [-0.39, 0.29) is 0 Å². The van der Waals surface area contributed by atoms with Crippen LogP contribution >= 0.6 is 0 Å².